The number of hydrogen-bond acceptors (Lipinski definition) is 9. The van der Waals surface area contributed by atoms with Crippen LogP contribution in [-0.2, 0) is 59.5 Å². The summed E-state index contributed by atoms with van der Waals surface area (Å²) in [6, 6.07) is 40.5. The molecule has 0 fully saturated rings. The first-order valence-corrected chi connectivity index (χ1v) is 29.8. The number of nitrogens with zero attached hydrogens (tertiary/aromatic N) is 3. The van der Waals surface area contributed by atoms with Crippen LogP contribution in [0.4, 0.5) is 5.69 Å². The van der Waals surface area contributed by atoms with Gasteiger partial charge < -0.3 is 36.0 Å². The molecule has 0 saturated heterocycles. The molecule has 7 aromatic carbocycles. The molecule has 1 unspecified atom stereocenters. The van der Waals surface area contributed by atoms with Gasteiger partial charge in [-0.1, -0.05) is 98.1 Å². The van der Waals surface area contributed by atoms with E-state index >= 15 is 0 Å². The lowest BCUT2D eigenvalue weighted by Crippen LogP contribution is -2.38. The molecule has 10 rings (SSSR count). The number of carbonyl (C=O) groups excluding carboxylic acids is 2. The monoisotopic (exact) mass is 1090 g/mol. The Bertz CT molecular complexity index is 3700. The van der Waals surface area contributed by atoms with Crippen molar-refractivity contribution in [1.82, 2.24) is 25.0 Å². The summed E-state index contributed by atoms with van der Waals surface area (Å²) in [6.07, 6.45) is 7.89. The second kappa shape index (κ2) is 24.9. The Morgan fingerprint density at radius 3 is 1.79 bits per heavy atom. The molecule has 1 atom stereocenters. The fourth-order valence-corrected chi connectivity index (χ4v) is 13.9. The molecular formula is C65H74B2N6O6S+2. The summed E-state index contributed by atoms with van der Waals surface area (Å²) in [6.45, 7) is 17.0. The van der Waals surface area contributed by atoms with Crippen molar-refractivity contribution < 1.29 is 29.7 Å². The van der Waals surface area contributed by atoms with Gasteiger partial charge in [0.15, 0.2) is 9.79 Å². The number of nitrogens with one attached hydrogen (secondary N) is 3. The van der Waals surface area contributed by atoms with Gasteiger partial charge in [-0.15, -0.1) is 0 Å². The normalized spacial score (nSPS) is 14.6. The Balaban J connectivity index is 1.20. The molecule has 0 saturated carbocycles. The molecule has 0 radical (unpaired) electrons. The molecule has 15 heteroatoms. The van der Waals surface area contributed by atoms with E-state index in [9.17, 15) is 29.7 Å². The number of benzene rings is 7. The van der Waals surface area contributed by atoms with Gasteiger partial charge in [-0.2, -0.15) is 0 Å². The lowest BCUT2D eigenvalue weighted by Gasteiger charge is -2.29. The summed E-state index contributed by atoms with van der Waals surface area (Å²) in [5.41, 5.74) is 13.3. The first-order valence-electron chi connectivity index (χ1n) is 28.1. The molecule has 12 nitrogen and oxygen atoms in total. The zero-order valence-electron chi connectivity index (χ0n) is 46.7. The van der Waals surface area contributed by atoms with Crippen LogP contribution in [0.1, 0.15) is 84.0 Å². The van der Waals surface area contributed by atoms with Crippen molar-refractivity contribution in [3.8, 4) is 0 Å². The van der Waals surface area contributed by atoms with E-state index in [4.69, 9.17) is 0 Å². The van der Waals surface area contributed by atoms with Gasteiger partial charge in [-0.05, 0) is 130 Å². The van der Waals surface area contributed by atoms with Crippen LogP contribution in [0, 0.1) is 0 Å². The fourth-order valence-electron chi connectivity index (χ4n) is 12.1. The predicted molar refractivity (Wildman–Crippen MR) is 328 cm³/mol. The van der Waals surface area contributed by atoms with Crippen LogP contribution >= 0.6 is 0 Å². The summed E-state index contributed by atoms with van der Waals surface area (Å²) < 4.78 is 2.42. The number of carbonyl (C=O) groups is 2. The average Bonchev–Trinajstić information content (AvgIpc) is 3.58. The van der Waals surface area contributed by atoms with Crippen molar-refractivity contribution in [2.24, 2.45) is 0 Å². The fraction of sp³-hybridized carbons (Fsp3) is 0.308. The third-order valence-electron chi connectivity index (χ3n) is 16.3. The van der Waals surface area contributed by atoms with Gasteiger partial charge in [0.1, 0.15) is 19.8 Å². The number of rotatable bonds is 21. The summed E-state index contributed by atoms with van der Waals surface area (Å²) in [7, 11) is -1.29. The lowest BCUT2D eigenvalue weighted by molar-refractivity contribution is -0.118. The maximum absolute atomic E-state index is 12.7. The molecule has 0 spiro atoms. The van der Waals surface area contributed by atoms with Crippen LogP contribution in [0.15, 0.2) is 149 Å². The minimum Gasteiger partial charge on any atom is -0.423 e. The highest BCUT2D eigenvalue weighted by molar-refractivity contribution is 7.96. The van der Waals surface area contributed by atoms with Gasteiger partial charge in [0.25, 0.3) is 0 Å². The second-order valence-electron chi connectivity index (χ2n) is 22.0. The van der Waals surface area contributed by atoms with Gasteiger partial charge in [0.05, 0.1) is 17.0 Å². The average molecular weight is 1090 g/mol. The van der Waals surface area contributed by atoms with Crippen molar-refractivity contribution in [1.29, 1.82) is 0 Å². The van der Waals surface area contributed by atoms with Crippen LogP contribution in [0.3, 0.4) is 0 Å². The van der Waals surface area contributed by atoms with E-state index in [1.807, 2.05) is 36.4 Å². The van der Waals surface area contributed by atoms with E-state index < -0.39 is 14.2 Å². The Morgan fingerprint density at radius 1 is 0.650 bits per heavy atom. The number of hydrogen-bond donors (Lipinski definition) is 7. The third kappa shape index (κ3) is 12.1. The largest absolute Gasteiger partial charge is 0.488 e. The Morgan fingerprint density at radius 2 is 1.20 bits per heavy atom. The van der Waals surface area contributed by atoms with E-state index in [1.165, 1.54) is 48.3 Å². The number of aryl methyl sites for hydroxylation is 2. The minimum absolute atomic E-state index is 0.185. The van der Waals surface area contributed by atoms with E-state index in [0.717, 1.165) is 88.1 Å². The highest BCUT2D eigenvalue weighted by atomic mass is 32.2. The zero-order valence-corrected chi connectivity index (χ0v) is 47.5. The molecule has 3 heterocycles. The van der Waals surface area contributed by atoms with Crippen molar-refractivity contribution in [2.45, 2.75) is 88.3 Å². The summed E-state index contributed by atoms with van der Waals surface area (Å²) in [5, 5.41) is 59.2. The van der Waals surface area contributed by atoms with Crippen molar-refractivity contribution in [3.63, 3.8) is 0 Å². The molecule has 0 bridgehead atoms. The van der Waals surface area contributed by atoms with Gasteiger partial charge in [0.2, 0.25) is 17.2 Å². The van der Waals surface area contributed by atoms with Crippen LogP contribution in [0.25, 0.3) is 27.1 Å². The minimum atomic E-state index is -1.65. The smallest absolute Gasteiger partial charge is 0.423 e. The summed E-state index contributed by atoms with van der Waals surface area (Å²) >= 11 is 0. The Hall–Kier alpha value is -6.81. The summed E-state index contributed by atoms with van der Waals surface area (Å²) in [4.78, 5) is 32.8. The number of anilines is 1. The van der Waals surface area contributed by atoms with Crippen molar-refractivity contribution >= 4 is 80.7 Å². The van der Waals surface area contributed by atoms with E-state index in [0.29, 0.717) is 87.3 Å². The topological polar surface area (TPSA) is 161 Å². The highest BCUT2D eigenvalue weighted by Crippen LogP contribution is 2.42. The maximum atomic E-state index is 12.7. The van der Waals surface area contributed by atoms with Crippen LogP contribution in [0.2, 0.25) is 0 Å². The molecule has 3 aliphatic rings. The Labute approximate surface area is 473 Å². The molecular weight excluding hydrogens is 1010 g/mol. The van der Waals surface area contributed by atoms with Crippen LogP contribution in [0.5, 0.6) is 0 Å². The molecule has 0 aromatic heterocycles. The van der Waals surface area contributed by atoms with E-state index in [-0.39, 0.29) is 22.7 Å². The van der Waals surface area contributed by atoms with Gasteiger partial charge in [-0.3, -0.25) is 19.4 Å². The molecule has 0 aliphatic carbocycles. The molecule has 410 valence electrons. The number of fused-ring (bicyclic) bond motifs is 6. The van der Waals surface area contributed by atoms with Gasteiger partial charge in [0, 0.05) is 110 Å². The Kier molecular flexibility index (Phi) is 17.6. The van der Waals surface area contributed by atoms with Crippen LogP contribution in [-0.4, -0.2) is 109 Å². The maximum Gasteiger partial charge on any atom is 0.488 e. The quantitative estimate of drug-likeness (QED) is 0.0129. The second-order valence-corrected chi connectivity index (χ2v) is 23.9. The zero-order chi connectivity index (χ0) is 56.2. The van der Waals surface area contributed by atoms with E-state index in [1.54, 1.807) is 26.0 Å². The van der Waals surface area contributed by atoms with Crippen molar-refractivity contribution in [2.75, 3.05) is 57.9 Å². The lowest BCUT2D eigenvalue weighted by atomic mass is 9.77. The first-order chi connectivity index (χ1) is 38.6. The van der Waals surface area contributed by atoms with Crippen molar-refractivity contribution in [3.05, 3.63) is 195 Å². The highest BCUT2D eigenvalue weighted by Gasteiger charge is 2.36. The third-order valence-corrected chi connectivity index (χ3v) is 18.3. The predicted octanol–water partition coefficient (Wildman–Crippen LogP) is 5.17. The first kappa shape index (κ1) is 56.5. The molecule has 2 amide bonds. The molecule has 7 N–H and O–H groups in total. The van der Waals surface area contributed by atoms with E-state index in [2.05, 4.69) is 124 Å². The standard InChI is InChI=1S/C65H72B2N6O6S/c1-42(2)64(74)69-28-15-31-72(38-47-17-7-11-23-57(47)66(76)77)40-55-49-21-9-10-22-50(49)56(41-73(32-16-29-70-65(75)43(3)4)39-48-18-8-12-24-58(48)67(78)79)52-35-46(25-26-51(52)55)63-53-33-44-19-13-27-68-59(44)36-61(53)80(6)62-37-60-45(34-54(62)63)20-14-30-71(60)5/h7-12,17-18,21-26,33-37,76-79H,1,3,13-16,19-20,27-32,38-41H2,2,4-6H3,(H-,69,70,74,75)/p+2. The van der Waals surface area contributed by atoms with Crippen LogP contribution < -0.4 is 42.0 Å². The van der Waals surface area contributed by atoms with Gasteiger partial charge in [-0.25, -0.2) is 4.58 Å². The number of amides is 2. The molecule has 3 aliphatic heterocycles. The molecule has 7 aromatic rings. The SMILES string of the molecule is C=C(C)C(=O)NCCCN(Cc1ccccc1B(O)O)Cc1c2ccccc2c(CN(CCCNC(=O)C(=C)C)Cc2ccccc2B(O)O)c2cc(C3=c4cc5c(cc4[S+](C)c4cc6c(cc43)CCCN6)=[N+](C)CCC5)ccc12. The molecule has 80 heavy (non-hydrogen) atoms. The summed E-state index contributed by atoms with van der Waals surface area (Å²) in [5.74, 6) is -0.371. The van der Waals surface area contributed by atoms with Gasteiger partial charge >= 0.3 is 14.2 Å².